The van der Waals surface area contributed by atoms with E-state index >= 15 is 0 Å². The molecule has 19 heavy (non-hydrogen) atoms. The average molecular weight is 282 g/mol. The van der Waals surface area contributed by atoms with Crippen LogP contribution in [0.1, 0.15) is 13.8 Å². The highest BCUT2D eigenvalue weighted by Gasteiger charge is 2.15. The Hall–Kier alpha value is -2.15. The van der Waals surface area contributed by atoms with Crippen molar-refractivity contribution in [1.82, 2.24) is 4.72 Å². The van der Waals surface area contributed by atoms with Gasteiger partial charge in [-0.1, -0.05) is 6.58 Å². The molecule has 0 fully saturated rings. The maximum Gasteiger partial charge on any atom is 0.264 e. The van der Waals surface area contributed by atoms with Crippen LogP contribution in [0, 0.1) is 0 Å². The van der Waals surface area contributed by atoms with E-state index in [1.54, 1.807) is 6.92 Å². The molecule has 0 saturated carbocycles. The predicted molar refractivity (Wildman–Crippen MR) is 70.9 cm³/mol. The predicted octanol–water partition coefficient (Wildman–Crippen LogP) is 1.03. The van der Waals surface area contributed by atoms with Crippen LogP contribution >= 0.6 is 0 Å². The molecule has 2 N–H and O–H groups in total. The summed E-state index contributed by atoms with van der Waals surface area (Å²) in [6, 6.07) is 5.43. The van der Waals surface area contributed by atoms with E-state index in [-0.39, 0.29) is 10.8 Å². The first-order valence-corrected chi connectivity index (χ1v) is 6.81. The molecule has 2 amide bonds. The minimum absolute atomic E-state index is 0.0592. The summed E-state index contributed by atoms with van der Waals surface area (Å²) >= 11 is 0. The third-order valence-electron chi connectivity index (χ3n) is 2.09. The van der Waals surface area contributed by atoms with E-state index in [0.29, 0.717) is 11.3 Å². The van der Waals surface area contributed by atoms with Gasteiger partial charge in [0, 0.05) is 18.2 Å². The standard InChI is InChI=1S/C12H14N2O4S/c1-8(2)12(16)13-10-4-6-11(7-5-10)19(17,18)14-9(3)15/h4-7H,1H2,2-3H3,(H,13,16)(H,14,15). The lowest BCUT2D eigenvalue weighted by Crippen LogP contribution is -2.28. The number of carbonyl (C=O) groups is 2. The SMILES string of the molecule is C=C(C)C(=O)Nc1ccc(S(=O)(=O)NC(C)=O)cc1. The molecule has 0 saturated heterocycles. The van der Waals surface area contributed by atoms with Gasteiger partial charge in [-0.25, -0.2) is 13.1 Å². The normalized spacial score (nSPS) is 10.6. The Kier molecular flexibility index (Phi) is 4.44. The molecular formula is C12H14N2O4S. The summed E-state index contributed by atoms with van der Waals surface area (Å²) < 4.78 is 25.1. The Balaban J connectivity index is 2.91. The molecule has 0 aliphatic heterocycles. The molecule has 0 spiro atoms. The lowest BCUT2D eigenvalue weighted by molar-refractivity contribution is -0.117. The highest BCUT2D eigenvalue weighted by molar-refractivity contribution is 7.90. The van der Waals surface area contributed by atoms with Crippen molar-refractivity contribution < 1.29 is 18.0 Å². The van der Waals surface area contributed by atoms with E-state index in [4.69, 9.17) is 0 Å². The molecule has 102 valence electrons. The van der Waals surface area contributed by atoms with Gasteiger partial charge in [-0.3, -0.25) is 9.59 Å². The first-order valence-electron chi connectivity index (χ1n) is 5.32. The Morgan fingerprint density at radius 1 is 1.11 bits per heavy atom. The number of hydrogen-bond donors (Lipinski definition) is 2. The quantitative estimate of drug-likeness (QED) is 0.807. The first-order chi connectivity index (χ1) is 8.72. The van der Waals surface area contributed by atoms with Crippen LogP contribution in [0.3, 0.4) is 0 Å². The molecule has 0 aliphatic carbocycles. The Bertz CT molecular complexity index is 618. The summed E-state index contributed by atoms with van der Waals surface area (Å²) in [6.07, 6.45) is 0. The van der Waals surface area contributed by atoms with E-state index in [0.717, 1.165) is 6.92 Å². The number of rotatable bonds is 4. The number of benzene rings is 1. The fraction of sp³-hybridized carbons (Fsp3) is 0.167. The minimum Gasteiger partial charge on any atom is -0.322 e. The van der Waals surface area contributed by atoms with E-state index in [1.165, 1.54) is 24.3 Å². The van der Waals surface area contributed by atoms with Crippen LogP contribution in [-0.4, -0.2) is 20.2 Å². The average Bonchev–Trinajstić information content (AvgIpc) is 2.27. The van der Waals surface area contributed by atoms with Gasteiger partial charge in [0.25, 0.3) is 15.9 Å². The van der Waals surface area contributed by atoms with Gasteiger partial charge in [0.15, 0.2) is 0 Å². The second-order valence-electron chi connectivity index (χ2n) is 3.92. The fourth-order valence-corrected chi connectivity index (χ4v) is 2.19. The van der Waals surface area contributed by atoms with Gasteiger partial charge >= 0.3 is 0 Å². The number of sulfonamides is 1. The lowest BCUT2D eigenvalue weighted by Gasteiger charge is -2.07. The van der Waals surface area contributed by atoms with Gasteiger partial charge in [0.05, 0.1) is 4.90 Å². The van der Waals surface area contributed by atoms with E-state index in [9.17, 15) is 18.0 Å². The smallest absolute Gasteiger partial charge is 0.264 e. The summed E-state index contributed by atoms with van der Waals surface area (Å²) in [4.78, 5) is 22.1. The molecule has 0 aromatic heterocycles. The molecule has 6 nitrogen and oxygen atoms in total. The van der Waals surface area contributed by atoms with Gasteiger partial charge in [0.1, 0.15) is 0 Å². The van der Waals surface area contributed by atoms with Crippen molar-refractivity contribution in [2.45, 2.75) is 18.7 Å². The van der Waals surface area contributed by atoms with Crippen LogP contribution in [0.5, 0.6) is 0 Å². The van der Waals surface area contributed by atoms with Crippen molar-refractivity contribution in [3.63, 3.8) is 0 Å². The highest BCUT2D eigenvalue weighted by Crippen LogP contribution is 2.14. The molecule has 0 bridgehead atoms. The molecule has 1 aromatic carbocycles. The summed E-state index contributed by atoms with van der Waals surface area (Å²) in [5, 5.41) is 2.54. The zero-order valence-corrected chi connectivity index (χ0v) is 11.4. The van der Waals surface area contributed by atoms with Crippen LogP contribution in [0.4, 0.5) is 5.69 Å². The molecule has 7 heteroatoms. The van der Waals surface area contributed by atoms with E-state index < -0.39 is 15.9 Å². The van der Waals surface area contributed by atoms with Crippen LogP contribution < -0.4 is 10.0 Å². The summed E-state index contributed by atoms with van der Waals surface area (Å²) in [5.41, 5.74) is 0.782. The van der Waals surface area contributed by atoms with Crippen molar-refractivity contribution in [2.75, 3.05) is 5.32 Å². The number of amides is 2. The largest absolute Gasteiger partial charge is 0.322 e. The summed E-state index contributed by atoms with van der Waals surface area (Å²) in [6.45, 7) is 6.16. The number of carbonyl (C=O) groups excluding carboxylic acids is 2. The molecule has 0 atom stereocenters. The summed E-state index contributed by atoms with van der Waals surface area (Å²) in [7, 11) is -3.85. The molecule has 1 aromatic rings. The minimum atomic E-state index is -3.85. The lowest BCUT2D eigenvalue weighted by atomic mass is 10.3. The third-order valence-corrected chi connectivity index (χ3v) is 3.54. The fourth-order valence-electron chi connectivity index (χ4n) is 1.20. The van der Waals surface area contributed by atoms with Gasteiger partial charge in [-0.05, 0) is 31.2 Å². The Morgan fingerprint density at radius 2 is 1.63 bits per heavy atom. The van der Waals surface area contributed by atoms with Crippen molar-refractivity contribution in [3.05, 3.63) is 36.4 Å². The zero-order valence-electron chi connectivity index (χ0n) is 10.6. The molecule has 0 heterocycles. The molecule has 1 rings (SSSR count). The van der Waals surface area contributed by atoms with Gasteiger partial charge in [-0.2, -0.15) is 0 Å². The zero-order chi connectivity index (χ0) is 14.6. The number of hydrogen-bond acceptors (Lipinski definition) is 4. The van der Waals surface area contributed by atoms with Gasteiger partial charge < -0.3 is 5.32 Å². The molecule has 0 radical (unpaired) electrons. The number of anilines is 1. The van der Waals surface area contributed by atoms with Gasteiger partial charge in [-0.15, -0.1) is 0 Å². The van der Waals surface area contributed by atoms with Crippen LogP contribution in [0.15, 0.2) is 41.3 Å². The monoisotopic (exact) mass is 282 g/mol. The first kappa shape index (κ1) is 14.9. The Morgan fingerprint density at radius 3 is 2.05 bits per heavy atom. The molecule has 0 aliphatic rings. The Labute approximate surface area is 111 Å². The third kappa shape index (κ3) is 4.22. The highest BCUT2D eigenvalue weighted by atomic mass is 32.2. The van der Waals surface area contributed by atoms with E-state index in [2.05, 4.69) is 11.9 Å². The molecular weight excluding hydrogens is 268 g/mol. The molecule has 0 unspecified atom stereocenters. The van der Waals surface area contributed by atoms with Crippen molar-refractivity contribution in [2.24, 2.45) is 0 Å². The number of nitrogens with one attached hydrogen (secondary N) is 2. The van der Waals surface area contributed by atoms with E-state index in [1.807, 2.05) is 4.72 Å². The topological polar surface area (TPSA) is 92.3 Å². The van der Waals surface area contributed by atoms with Crippen molar-refractivity contribution in [3.8, 4) is 0 Å². The maximum absolute atomic E-state index is 11.7. The van der Waals surface area contributed by atoms with Crippen molar-refractivity contribution in [1.29, 1.82) is 0 Å². The van der Waals surface area contributed by atoms with Crippen molar-refractivity contribution >= 4 is 27.5 Å². The second kappa shape index (κ2) is 5.66. The van der Waals surface area contributed by atoms with Crippen LogP contribution in [0.25, 0.3) is 0 Å². The second-order valence-corrected chi connectivity index (χ2v) is 5.60. The van der Waals surface area contributed by atoms with Crippen LogP contribution in [-0.2, 0) is 19.6 Å². The summed E-state index contributed by atoms with van der Waals surface area (Å²) in [5.74, 6) is -1.02. The maximum atomic E-state index is 11.7. The van der Waals surface area contributed by atoms with Gasteiger partial charge in [0.2, 0.25) is 5.91 Å². The van der Waals surface area contributed by atoms with Crippen LogP contribution in [0.2, 0.25) is 0 Å².